The third-order valence-electron chi connectivity index (χ3n) is 5.81. The first-order valence-electron chi connectivity index (χ1n) is 10.5. The van der Waals surface area contributed by atoms with E-state index in [1.54, 1.807) is 7.11 Å². The molecule has 2 fully saturated rings. The Morgan fingerprint density at radius 2 is 1.96 bits per heavy atom. The number of nitrogens with zero attached hydrogens (tertiary/aromatic N) is 1. The highest BCUT2D eigenvalue weighted by Crippen LogP contribution is 2.30. The number of benzene rings is 1. The molecular weight excluding hydrogens is 356 g/mol. The van der Waals surface area contributed by atoms with Crippen molar-refractivity contribution < 1.29 is 19.1 Å². The van der Waals surface area contributed by atoms with E-state index < -0.39 is 0 Å². The molecule has 1 aromatic rings. The third-order valence-corrected chi connectivity index (χ3v) is 5.81. The number of fused-ring (bicyclic) bond motifs is 1. The molecule has 6 heteroatoms. The van der Waals surface area contributed by atoms with Crippen molar-refractivity contribution in [3.05, 3.63) is 29.8 Å². The number of amides is 2. The number of aryl methyl sites for hydroxylation is 1. The Labute approximate surface area is 167 Å². The second-order valence-corrected chi connectivity index (χ2v) is 7.65. The zero-order chi connectivity index (χ0) is 19.8. The van der Waals surface area contributed by atoms with Gasteiger partial charge >= 0.3 is 0 Å². The second-order valence-electron chi connectivity index (χ2n) is 7.65. The number of rotatable bonds is 4. The van der Waals surface area contributed by atoms with Crippen LogP contribution < -0.4 is 10.1 Å². The number of carbonyl (C=O) groups excluding carboxylic acids is 2. The Balaban J connectivity index is 1.68. The molecule has 2 amide bonds. The number of hydrogen-bond acceptors (Lipinski definition) is 4. The average molecular weight is 389 g/mol. The predicted octanol–water partition coefficient (Wildman–Crippen LogP) is 2.55. The number of nitrogens with one attached hydrogen (secondary N) is 1. The first-order valence-corrected chi connectivity index (χ1v) is 10.5. The standard InChI is InChI=1S/C22H32N2O4/c1-27-18-10-7-17(8-11-18)9-12-21(25)24-14-4-15-28-16-13-23-22(26)19-5-2-3-6-20(19)24/h7-8,10-11,19-20H,2-6,9,12-16H2,1H3,(H,23,26)/t19-,20+/m1/s1. The van der Waals surface area contributed by atoms with Gasteiger partial charge < -0.3 is 19.7 Å². The van der Waals surface area contributed by atoms with Crippen molar-refractivity contribution in [1.82, 2.24) is 10.2 Å². The van der Waals surface area contributed by atoms with E-state index in [2.05, 4.69) is 5.32 Å². The van der Waals surface area contributed by atoms with Crippen molar-refractivity contribution in [3.63, 3.8) is 0 Å². The molecule has 1 aliphatic carbocycles. The SMILES string of the molecule is COc1ccc(CCC(=O)N2CCCOCCNC(=O)[C@@H]3CCCC[C@@H]32)cc1. The van der Waals surface area contributed by atoms with Crippen LogP contribution in [0.5, 0.6) is 5.75 Å². The highest BCUT2D eigenvalue weighted by molar-refractivity contribution is 5.82. The molecule has 154 valence electrons. The van der Waals surface area contributed by atoms with Gasteiger partial charge in [0.2, 0.25) is 11.8 Å². The van der Waals surface area contributed by atoms with Gasteiger partial charge in [-0.15, -0.1) is 0 Å². The minimum atomic E-state index is -0.100. The largest absolute Gasteiger partial charge is 0.497 e. The Bertz CT molecular complexity index is 646. The van der Waals surface area contributed by atoms with Crippen molar-refractivity contribution in [3.8, 4) is 5.75 Å². The quantitative estimate of drug-likeness (QED) is 0.861. The summed E-state index contributed by atoms with van der Waals surface area (Å²) < 4.78 is 10.8. The highest BCUT2D eigenvalue weighted by atomic mass is 16.5. The van der Waals surface area contributed by atoms with Crippen molar-refractivity contribution in [2.24, 2.45) is 5.92 Å². The first kappa shape index (κ1) is 20.6. The smallest absolute Gasteiger partial charge is 0.225 e. The lowest BCUT2D eigenvalue weighted by Gasteiger charge is -2.39. The fourth-order valence-electron chi connectivity index (χ4n) is 4.27. The van der Waals surface area contributed by atoms with Gasteiger partial charge in [-0.05, 0) is 43.4 Å². The fraction of sp³-hybridized carbons (Fsp3) is 0.636. The van der Waals surface area contributed by atoms with Crippen molar-refractivity contribution in [2.75, 3.05) is 33.4 Å². The molecular formula is C22H32N2O4. The summed E-state index contributed by atoms with van der Waals surface area (Å²) in [6.45, 7) is 2.37. The van der Waals surface area contributed by atoms with Crippen molar-refractivity contribution >= 4 is 11.8 Å². The van der Waals surface area contributed by atoms with Crippen LogP contribution in [0.4, 0.5) is 0 Å². The number of ether oxygens (including phenoxy) is 2. The second kappa shape index (κ2) is 10.5. The lowest BCUT2D eigenvalue weighted by Crippen LogP contribution is -2.51. The fourth-order valence-corrected chi connectivity index (χ4v) is 4.27. The summed E-state index contributed by atoms with van der Waals surface area (Å²) in [6.07, 6.45) is 5.86. The molecule has 0 radical (unpaired) electrons. The maximum Gasteiger partial charge on any atom is 0.225 e. The molecule has 1 saturated heterocycles. The first-order chi connectivity index (χ1) is 13.7. The molecule has 1 aliphatic heterocycles. The summed E-state index contributed by atoms with van der Waals surface area (Å²) in [4.78, 5) is 27.8. The molecule has 2 aliphatic rings. The van der Waals surface area contributed by atoms with Gasteiger partial charge in [0, 0.05) is 32.2 Å². The highest BCUT2D eigenvalue weighted by Gasteiger charge is 2.36. The monoisotopic (exact) mass is 388 g/mol. The number of hydrogen-bond donors (Lipinski definition) is 1. The number of carbonyl (C=O) groups is 2. The van der Waals surface area contributed by atoms with Gasteiger partial charge in [-0.1, -0.05) is 25.0 Å². The van der Waals surface area contributed by atoms with Crippen LogP contribution in [0.3, 0.4) is 0 Å². The Morgan fingerprint density at radius 3 is 2.75 bits per heavy atom. The van der Waals surface area contributed by atoms with E-state index in [0.29, 0.717) is 39.1 Å². The summed E-state index contributed by atoms with van der Waals surface area (Å²) in [5.74, 6) is 0.929. The molecule has 6 nitrogen and oxygen atoms in total. The molecule has 1 heterocycles. The van der Waals surface area contributed by atoms with Gasteiger partial charge in [-0.3, -0.25) is 9.59 Å². The molecule has 1 N–H and O–H groups in total. The van der Waals surface area contributed by atoms with Crippen LogP contribution in [0.1, 0.15) is 44.1 Å². The topological polar surface area (TPSA) is 67.9 Å². The molecule has 28 heavy (non-hydrogen) atoms. The van der Waals surface area contributed by atoms with E-state index in [9.17, 15) is 9.59 Å². The maximum atomic E-state index is 13.1. The molecule has 1 saturated carbocycles. The van der Waals surface area contributed by atoms with E-state index >= 15 is 0 Å². The third kappa shape index (κ3) is 5.47. The van der Waals surface area contributed by atoms with E-state index in [0.717, 1.165) is 43.4 Å². The van der Waals surface area contributed by atoms with Gasteiger partial charge in [0.25, 0.3) is 0 Å². The van der Waals surface area contributed by atoms with Crippen LogP contribution in [0.2, 0.25) is 0 Å². The molecule has 0 unspecified atom stereocenters. The molecule has 0 spiro atoms. The zero-order valence-corrected chi connectivity index (χ0v) is 16.8. The van der Waals surface area contributed by atoms with Gasteiger partial charge in [0.1, 0.15) is 5.75 Å². The Hall–Kier alpha value is -2.08. The minimum Gasteiger partial charge on any atom is -0.497 e. The van der Waals surface area contributed by atoms with Crippen LogP contribution in [0, 0.1) is 5.92 Å². The lowest BCUT2D eigenvalue weighted by molar-refractivity contribution is -0.138. The van der Waals surface area contributed by atoms with E-state index in [1.165, 1.54) is 0 Å². The van der Waals surface area contributed by atoms with Crippen LogP contribution in [-0.2, 0) is 20.7 Å². The van der Waals surface area contributed by atoms with Crippen molar-refractivity contribution in [1.29, 1.82) is 0 Å². The van der Waals surface area contributed by atoms with Crippen LogP contribution in [0.15, 0.2) is 24.3 Å². The van der Waals surface area contributed by atoms with Gasteiger partial charge in [0.05, 0.1) is 19.6 Å². The van der Waals surface area contributed by atoms with Gasteiger partial charge in [-0.2, -0.15) is 0 Å². The normalized spacial score (nSPS) is 23.9. The van der Waals surface area contributed by atoms with E-state index in [4.69, 9.17) is 9.47 Å². The van der Waals surface area contributed by atoms with Crippen LogP contribution >= 0.6 is 0 Å². The molecule has 0 bridgehead atoms. The summed E-state index contributed by atoms with van der Waals surface area (Å²) in [6, 6.07) is 7.86. The lowest BCUT2D eigenvalue weighted by atomic mass is 9.82. The van der Waals surface area contributed by atoms with E-state index in [-0.39, 0.29) is 23.8 Å². The van der Waals surface area contributed by atoms with Gasteiger partial charge in [0.15, 0.2) is 0 Å². The molecule has 1 aromatic carbocycles. The maximum absolute atomic E-state index is 13.1. The molecule has 0 aromatic heterocycles. The number of methoxy groups -OCH3 is 1. The average Bonchev–Trinajstić information content (AvgIpc) is 2.77. The Kier molecular flexibility index (Phi) is 7.71. The molecule has 3 rings (SSSR count). The minimum absolute atomic E-state index is 0.00946. The summed E-state index contributed by atoms with van der Waals surface area (Å²) in [5.41, 5.74) is 1.12. The Morgan fingerprint density at radius 1 is 1.18 bits per heavy atom. The predicted molar refractivity (Wildman–Crippen MR) is 107 cm³/mol. The molecule has 2 atom stereocenters. The van der Waals surface area contributed by atoms with E-state index in [1.807, 2.05) is 29.2 Å². The zero-order valence-electron chi connectivity index (χ0n) is 16.8. The van der Waals surface area contributed by atoms with Crippen LogP contribution in [-0.4, -0.2) is 56.2 Å². The van der Waals surface area contributed by atoms with Crippen LogP contribution in [0.25, 0.3) is 0 Å². The van der Waals surface area contributed by atoms with Crippen molar-refractivity contribution in [2.45, 2.75) is 51.0 Å². The van der Waals surface area contributed by atoms with Gasteiger partial charge in [-0.25, -0.2) is 0 Å². The summed E-state index contributed by atoms with van der Waals surface area (Å²) in [5, 5.41) is 2.99. The summed E-state index contributed by atoms with van der Waals surface area (Å²) >= 11 is 0. The summed E-state index contributed by atoms with van der Waals surface area (Å²) in [7, 11) is 1.65.